The number of rotatable bonds is 8. The molecule has 0 aliphatic heterocycles. The van der Waals surface area contributed by atoms with Crippen molar-refractivity contribution in [3.63, 3.8) is 0 Å². The lowest BCUT2D eigenvalue weighted by Crippen LogP contribution is -2.25. The molecule has 0 bridgehead atoms. The molecule has 0 spiro atoms. The Balaban J connectivity index is 1.76. The summed E-state index contributed by atoms with van der Waals surface area (Å²) in [5, 5.41) is -0.270. The van der Waals surface area contributed by atoms with Gasteiger partial charge in [0.25, 0.3) is 10.0 Å². The Morgan fingerprint density at radius 1 is 1.14 bits per heavy atom. The quantitative estimate of drug-likeness (QED) is 0.594. The summed E-state index contributed by atoms with van der Waals surface area (Å²) in [5.41, 5.74) is 0. The molecule has 0 fully saturated rings. The van der Waals surface area contributed by atoms with Crippen LogP contribution in [-0.2, 0) is 10.0 Å². The van der Waals surface area contributed by atoms with Gasteiger partial charge in [0.05, 0.1) is 6.61 Å². The minimum Gasteiger partial charge on any atom is -0.494 e. The van der Waals surface area contributed by atoms with Gasteiger partial charge in [-0.2, -0.15) is 0 Å². The first-order valence-electron chi connectivity index (χ1n) is 6.34. The number of ether oxygens (including phenoxy) is 1. The molecule has 0 saturated heterocycles. The van der Waals surface area contributed by atoms with Gasteiger partial charge in [-0.25, -0.2) is 13.1 Å². The van der Waals surface area contributed by atoms with Crippen molar-refractivity contribution in [2.45, 2.75) is 11.5 Å². The molecule has 0 saturated carbocycles. The van der Waals surface area contributed by atoms with Gasteiger partial charge in [-0.1, -0.05) is 18.2 Å². The molecule has 2 rings (SSSR count). The van der Waals surface area contributed by atoms with Crippen molar-refractivity contribution in [3.05, 3.63) is 48.2 Å². The van der Waals surface area contributed by atoms with Crippen LogP contribution in [0.5, 0.6) is 5.75 Å². The first kappa shape index (κ1) is 15.3. The number of carbonyl (C=O) groups is 1. The van der Waals surface area contributed by atoms with E-state index in [4.69, 9.17) is 9.15 Å². The number of nitrogens with one attached hydrogen (secondary N) is 1. The van der Waals surface area contributed by atoms with Crippen molar-refractivity contribution < 1.29 is 22.4 Å². The van der Waals surface area contributed by atoms with Crippen LogP contribution in [0.2, 0.25) is 0 Å². The molecule has 0 amide bonds. The third kappa shape index (κ3) is 4.44. The summed E-state index contributed by atoms with van der Waals surface area (Å²) in [4.78, 5) is 10.5. The summed E-state index contributed by atoms with van der Waals surface area (Å²) in [6.45, 7) is 0.608. The van der Waals surface area contributed by atoms with E-state index in [0.717, 1.165) is 5.75 Å². The van der Waals surface area contributed by atoms with E-state index in [2.05, 4.69) is 4.72 Å². The third-order valence-corrected chi connectivity index (χ3v) is 3.94. The van der Waals surface area contributed by atoms with Crippen LogP contribution in [0.1, 0.15) is 17.0 Å². The molecule has 1 N–H and O–H groups in total. The van der Waals surface area contributed by atoms with Gasteiger partial charge in [-0.15, -0.1) is 0 Å². The number of furan rings is 1. The molecule has 112 valence electrons. The van der Waals surface area contributed by atoms with Gasteiger partial charge in [-0.3, -0.25) is 4.79 Å². The maximum atomic E-state index is 11.8. The molecule has 0 atom stereocenters. The molecule has 7 heteroatoms. The predicted molar refractivity (Wildman–Crippen MR) is 75.8 cm³/mol. The van der Waals surface area contributed by atoms with Crippen molar-refractivity contribution in [1.29, 1.82) is 0 Å². The summed E-state index contributed by atoms with van der Waals surface area (Å²) in [6.07, 6.45) is 0.960. The summed E-state index contributed by atoms with van der Waals surface area (Å²) < 4.78 is 36.4. The van der Waals surface area contributed by atoms with Gasteiger partial charge >= 0.3 is 0 Å². The maximum absolute atomic E-state index is 11.8. The highest BCUT2D eigenvalue weighted by molar-refractivity contribution is 7.89. The highest BCUT2D eigenvalue weighted by Gasteiger charge is 2.17. The van der Waals surface area contributed by atoms with Crippen molar-refractivity contribution in [1.82, 2.24) is 4.72 Å². The Kier molecular flexibility index (Phi) is 5.13. The SMILES string of the molecule is O=Cc1ccc(S(=O)(=O)NCCCOc2ccccc2)o1. The number of sulfonamides is 1. The second kappa shape index (κ2) is 7.05. The van der Waals surface area contributed by atoms with E-state index < -0.39 is 10.0 Å². The molecule has 0 aliphatic rings. The summed E-state index contributed by atoms with van der Waals surface area (Å²) in [6, 6.07) is 11.8. The van der Waals surface area contributed by atoms with Crippen LogP contribution in [0.15, 0.2) is 52.0 Å². The van der Waals surface area contributed by atoms with Crippen molar-refractivity contribution >= 4 is 16.3 Å². The minimum absolute atomic E-state index is 0.0252. The Morgan fingerprint density at radius 2 is 1.90 bits per heavy atom. The average molecular weight is 309 g/mol. The number of hydrogen-bond acceptors (Lipinski definition) is 5. The zero-order valence-electron chi connectivity index (χ0n) is 11.2. The van der Waals surface area contributed by atoms with E-state index in [9.17, 15) is 13.2 Å². The maximum Gasteiger partial charge on any atom is 0.273 e. The van der Waals surface area contributed by atoms with Gasteiger partial charge in [0.2, 0.25) is 5.09 Å². The van der Waals surface area contributed by atoms with Crippen LogP contribution in [0, 0.1) is 0 Å². The van der Waals surface area contributed by atoms with E-state index in [1.54, 1.807) is 0 Å². The number of benzene rings is 1. The molecule has 0 unspecified atom stereocenters. The van der Waals surface area contributed by atoms with Gasteiger partial charge in [-0.05, 0) is 30.7 Å². The van der Waals surface area contributed by atoms with Crippen LogP contribution in [-0.4, -0.2) is 27.9 Å². The first-order valence-corrected chi connectivity index (χ1v) is 7.83. The molecule has 2 aromatic rings. The number of para-hydroxylation sites is 1. The highest BCUT2D eigenvalue weighted by atomic mass is 32.2. The summed E-state index contributed by atoms with van der Waals surface area (Å²) in [7, 11) is -3.73. The average Bonchev–Trinajstić information content (AvgIpc) is 2.98. The van der Waals surface area contributed by atoms with Crippen LogP contribution < -0.4 is 9.46 Å². The number of hydrogen-bond donors (Lipinski definition) is 1. The lowest BCUT2D eigenvalue weighted by atomic mass is 10.3. The normalized spacial score (nSPS) is 11.2. The van der Waals surface area contributed by atoms with Crippen molar-refractivity contribution in [3.8, 4) is 5.75 Å². The van der Waals surface area contributed by atoms with E-state index in [-0.39, 0.29) is 17.4 Å². The molecular weight excluding hydrogens is 294 g/mol. The second-order valence-corrected chi connectivity index (χ2v) is 5.89. The molecule has 0 radical (unpaired) electrons. The van der Waals surface area contributed by atoms with E-state index in [1.165, 1.54) is 12.1 Å². The summed E-state index contributed by atoms with van der Waals surface area (Å²) in [5.74, 6) is 0.713. The fraction of sp³-hybridized carbons (Fsp3) is 0.214. The number of carbonyl (C=O) groups excluding carboxylic acids is 1. The molecule has 0 aliphatic carbocycles. The van der Waals surface area contributed by atoms with Crippen LogP contribution >= 0.6 is 0 Å². The van der Waals surface area contributed by atoms with Crippen molar-refractivity contribution in [2.75, 3.05) is 13.2 Å². The largest absolute Gasteiger partial charge is 0.494 e. The Morgan fingerprint density at radius 3 is 2.57 bits per heavy atom. The summed E-state index contributed by atoms with van der Waals surface area (Å²) >= 11 is 0. The van der Waals surface area contributed by atoms with Crippen LogP contribution in [0.3, 0.4) is 0 Å². The fourth-order valence-corrected chi connectivity index (χ4v) is 2.61. The first-order chi connectivity index (χ1) is 10.1. The molecule has 21 heavy (non-hydrogen) atoms. The molecule has 1 heterocycles. The van der Waals surface area contributed by atoms with Crippen LogP contribution in [0.4, 0.5) is 0 Å². The Bertz CT molecular complexity index is 678. The topological polar surface area (TPSA) is 85.6 Å². The molecule has 6 nitrogen and oxygen atoms in total. The third-order valence-electron chi connectivity index (χ3n) is 2.61. The second-order valence-electron chi connectivity index (χ2n) is 4.19. The molecule has 1 aromatic carbocycles. The number of aldehydes is 1. The lowest BCUT2D eigenvalue weighted by molar-refractivity contribution is 0.109. The lowest BCUT2D eigenvalue weighted by Gasteiger charge is -2.06. The minimum atomic E-state index is -3.73. The Labute approximate surface area is 122 Å². The van der Waals surface area contributed by atoms with E-state index in [1.807, 2.05) is 30.3 Å². The standard InChI is InChI=1S/C14H15NO5S/c16-11-13-7-8-14(20-13)21(17,18)15-9-4-10-19-12-5-2-1-3-6-12/h1-3,5-8,11,15H,4,9-10H2. The van der Waals surface area contributed by atoms with E-state index >= 15 is 0 Å². The Hall–Kier alpha value is -2.12. The monoisotopic (exact) mass is 309 g/mol. The zero-order chi connectivity index (χ0) is 15.1. The smallest absolute Gasteiger partial charge is 0.273 e. The van der Waals surface area contributed by atoms with Gasteiger partial charge < -0.3 is 9.15 Å². The van der Waals surface area contributed by atoms with Gasteiger partial charge in [0, 0.05) is 6.54 Å². The highest BCUT2D eigenvalue weighted by Crippen LogP contribution is 2.12. The predicted octanol–water partition coefficient (Wildman–Crippen LogP) is 1.84. The van der Waals surface area contributed by atoms with Gasteiger partial charge in [0.15, 0.2) is 12.0 Å². The van der Waals surface area contributed by atoms with Crippen LogP contribution in [0.25, 0.3) is 0 Å². The van der Waals surface area contributed by atoms with Gasteiger partial charge in [0.1, 0.15) is 5.75 Å². The fourth-order valence-electron chi connectivity index (χ4n) is 1.60. The van der Waals surface area contributed by atoms with E-state index in [0.29, 0.717) is 19.3 Å². The molecule has 1 aromatic heterocycles. The molecular formula is C14H15NO5S. The zero-order valence-corrected chi connectivity index (χ0v) is 12.0. The van der Waals surface area contributed by atoms with Crippen molar-refractivity contribution in [2.24, 2.45) is 0 Å².